The lowest BCUT2D eigenvalue weighted by Crippen LogP contribution is -2.51. The molecule has 1 aliphatic carbocycles. The Balaban J connectivity index is 2.17. The van der Waals surface area contributed by atoms with Crippen LogP contribution in [0.5, 0.6) is 0 Å². The first-order chi connectivity index (χ1) is 8.22. The molecule has 17 heavy (non-hydrogen) atoms. The summed E-state index contributed by atoms with van der Waals surface area (Å²) in [7, 11) is 0. The third kappa shape index (κ3) is 5.36. The van der Waals surface area contributed by atoms with Crippen molar-refractivity contribution in [3.63, 3.8) is 0 Å². The zero-order valence-corrected chi connectivity index (χ0v) is 11.2. The zero-order chi connectivity index (χ0) is 12.6. The van der Waals surface area contributed by atoms with Crippen LogP contribution < -0.4 is 5.32 Å². The van der Waals surface area contributed by atoms with E-state index in [2.05, 4.69) is 12.2 Å². The van der Waals surface area contributed by atoms with Gasteiger partial charge in [-0.3, -0.25) is 0 Å². The lowest BCUT2D eigenvalue weighted by atomic mass is 9.77. The van der Waals surface area contributed by atoms with Crippen molar-refractivity contribution in [2.75, 3.05) is 19.8 Å². The Kier molecular flexibility index (Phi) is 7.09. The molecule has 1 saturated carbocycles. The average molecular weight is 243 g/mol. The van der Waals surface area contributed by atoms with Crippen LogP contribution in [0.4, 0.5) is 0 Å². The van der Waals surface area contributed by atoms with Crippen LogP contribution in [0.2, 0.25) is 0 Å². The molecule has 0 aromatic carbocycles. The van der Waals surface area contributed by atoms with E-state index in [0.717, 1.165) is 44.6 Å². The Morgan fingerprint density at radius 1 is 1.18 bits per heavy atom. The van der Waals surface area contributed by atoms with Crippen LogP contribution in [-0.4, -0.2) is 35.5 Å². The fourth-order valence-corrected chi connectivity index (χ4v) is 2.96. The van der Waals surface area contributed by atoms with Crippen molar-refractivity contribution in [3.8, 4) is 0 Å². The van der Waals surface area contributed by atoms with Crippen LogP contribution in [0.3, 0.4) is 0 Å². The molecule has 0 aliphatic heterocycles. The first kappa shape index (κ1) is 14.9. The van der Waals surface area contributed by atoms with E-state index in [1.165, 1.54) is 19.3 Å². The summed E-state index contributed by atoms with van der Waals surface area (Å²) in [6, 6.07) is 0. The number of aliphatic hydroxyl groups excluding tert-OH is 2. The third-order valence-corrected chi connectivity index (χ3v) is 3.98. The number of unbranched alkanes of at least 4 members (excludes halogenated alkanes) is 3. The fourth-order valence-electron chi connectivity index (χ4n) is 2.96. The van der Waals surface area contributed by atoms with E-state index in [9.17, 15) is 5.11 Å². The minimum atomic E-state index is -0.00531. The third-order valence-electron chi connectivity index (χ3n) is 3.98. The van der Waals surface area contributed by atoms with E-state index >= 15 is 0 Å². The summed E-state index contributed by atoms with van der Waals surface area (Å²) < 4.78 is 0. The van der Waals surface area contributed by atoms with Gasteiger partial charge in [0.1, 0.15) is 0 Å². The maximum absolute atomic E-state index is 9.60. The van der Waals surface area contributed by atoms with E-state index in [0.29, 0.717) is 6.61 Å². The predicted molar refractivity (Wildman–Crippen MR) is 71.0 cm³/mol. The molecule has 0 amide bonds. The first-order valence-electron chi connectivity index (χ1n) is 7.19. The Labute approximate surface area is 106 Å². The summed E-state index contributed by atoms with van der Waals surface area (Å²) in [5, 5.41) is 21.9. The quantitative estimate of drug-likeness (QED) is 0.572. The van der Waals surface area contributed by atoms with Crippen LogP contribution in [-0.2, 0) is 0 Å². The van der Waals surface area contributed by atoms with Crippen LogP contribution in [0, 0.1) is 5.92 Å². The van der Waals surface area contributed by atoms with E-state index in [-0.39, 0.29) is 12.1 Å². The molecular weight excluding hydrogens is 214 g/mol. The normalized spacial score (nSPS) is 29.5. The molecule has 0 aromatic rings. The van der Waals surface area contributed by atoms with Crippen molar-refractivity contribution in [2.24, 2.45) is 5.92 Å². The van der Waals surface area contributed by atoms with Gasteiger partial charge in [0.2, 0.25) is 0 Å². The minimum absolute atomic E-state index is 0.00531. The number of nitrogens with one attached hydrogen (secondary N) is 1. The van der Waals surface area contributed by atoms with Gasteiger partial charge in [0.05, 0.1) is 6.61 Å². The van der Waals surface area contributed by atoms with Gasteiger partial charge in [0.15, 0.2) is 0 Å². The molecule has 0 saturated heterocycles. The van der Waals surface area contributed by atoms with Gasteiger partial charge in [-0.1, -0.05) is 32.6 Å². The first-order valence-corrected chi connectivity index (χ1v) is 7.19. The van der Waals surface area contributed by atoms with Gasteiger partial charge in [-0.05, 0) is 38.1 Å². The van der Waals surface area contributed by atoms with Gasteiger partial charge in [0.25, 0.3) is 0 Å². The molecule has 0 radical (unpaired) electrons. The second-order valence-corrected chi connectivity index (χ2v) is 5.70. The highest BCUT2D eigenvalue weighted by Gasteiger charge is 2.33. The van der Waals surface area contributed by atoms with Gasteiger partial charge in [-0.15, -0.1) is 0 Å². The summed E-state index contributed by atoms with van der Waals surface area (Å²) in [5.74, 6) is 0.734. The number of hydrogen-bond donors (Lipinski definition) is 3. The molecule has 2 unspecified atom stereocenters. The number of rotatable bonds is 8. The van der Waals surface area contributed by atoms with E-state index in [4.69, 9.17) is 5.11 Å². The van der Waals surface area contributed by atoms with Crippen molar-refractivity contribution >= 4 is 0 Å². The van der Waals surface area contributed by atoms with Crippen molar-refractivity contribution < 1.29 is 10.2 Å². The summed E-state index contributed by atoms with van der Waals surface area (Å²) in [5.41, 5.74) is -0.00531. The van der Waals surface area contributed by atoms with E-state index in [1.54, 1.807) is 0 Å². The van der Waals surface area contributed by atoms with Gasteiger partial charge < -0.3 is 15.5 Å². The molecule has 3 nitrogen and oxygen atoms in total. The molecule has 3 N–H and O–H groups in total. The standard InChI is InChI=1S/C14H29NO2/c1-13-7-6-8-14(11-13,12-17)15-9-4-2-3-5-10-16/h13,15-17H,2-12H2,1H3. The fraction of sp³-hybridized carbons (Fsp3) is 1.00. The van der Waals surface area contributed by atoms with Gasteiger partial charge >= 0.3 is 0 Å². The molecule has 3 heteroatoms. The Bertz CT molecular complexity index is 199. The number of aliphatic hydroxyl groups is 2. The highest BCUT2D eigenvalue weighted by atomic mass is 16.3. The maximum atomic E-state index is 9.60. The summed E-state index contributed by atoms with van der Waals surface area (Å²) in [4.78, 5) is 0. The predicted octanol–water partition coefficient (Wildman–Crippen LogP) is 2.07. The molecule has 2 atom stereocenters. The zero-order valence-electron chi connectivity index (χ0n) is 11.2. The highest BCUT2D eigenvalue weighted by molar-refractivity contribution is 4.92. The average Bonchev–Trinajstić information content (AvgIpc) is 2.34. The summed E-state index contributed by atoms with van der Waals surface area (Å²) in [6.45, 7) is 3.87. The van der Waals surface area contributed by atoms with Gasteiger partial charge in [-0.25, -0.2) is 0 Å². The van der Waals surface area contributed by atoms with Gasteiger partial charge in [0, 0.05) is 12.1 Å². The smallest absolute Gasteiger partial charge is 0.0613 e. The second kappa shape index (κ2) is 8.06. The van der Waals surface area contributed by atoms with E-state index < -0.39 is 0 Å². The molecule has 1 fully saturated rings. The Morgan fingerprint density at radius 2 is 1.94 bits per heavy atom. The molecule has 0 bridgehead atoms. The van der Waals surface area contributed by atoms with Crippen LogP contribution in [0.25, 0.3) is 0 Å². The Hall–Kier alpha value is -0.120. The highest BCUT2D eigenvalue weighted by Crippen LogP contribution is 2.31. The van der Waals surface area contributed by atoms with Crippen LogP contribution in [0.15, 0.2) is 0 Å². The summed E-state index contributed by atoms with van der Waals surface area (Å²) >= 11 is 0. The maximum Gasteiger partial charge on any atom is 0.0613 e. The molecule has 1 aliphatic rings. The van der Waals surface area contributed by atoms with Crippen molar-refractivity contribution in [3.05, 3.63) is 0 Å². The molecule has 0 aromatic heterocycles. The lowest BCUT2D eigenvalue weighted by molar-refractivity contribution is 0.0995. The van der Waals surface area contributed by atoms with Crippen molar-refractivity contribution in [1.29, 1.82) is 0 Å². The molecular formula is C14H29NO2. The lowest BCUT2D eigenvalue weighted by Gasteiger charge is -2.39. The molecule has 0 spiro atoms. The van der Waals surface area contributed by atoms with E-state index in [1.807, 2.05) is 0 Å². The van der Waals surface area contributed by atoms with Crippen LogP contribution in [0.1, 0.15) is 58.3 Å². The second-order valence-electron chi connectivity index (χ2n) is 5.70. The minimum Gasteiger partial charge on any atom is -0.396 e. The molecule has 102 valence electrons. The molecule has 0 heterocycles. The Morgan fingerprint density at radius 3 is 2.59 bits per heavy atom. The molecule has 1 rings (SSSR count). The van der Waals surface area contributed by atoms with Gasteiger partial charge in [-0.2, -0.15) is 0 Å². The van der Waals surface area contributed by atoms with Crippen molar-refractivity contribution in [1.82, 2.24) is 5.32 Å². The summed E-state index contributed by atoms with van der Waals surface area (Å²) in [6.07, 6.45) is 9.12. The van der Waals surface area contributed by atoms with Crippen molar-refractivity contribution in [2.45, 2.75) is 63.8 Å². The topological polar surface area (TPSA) is 52.5 Å². The SMILES string of the molecule is CC1CCCC(CO)(NCCCCCCO)C1. The number of hydrogen-bond acceptors (Lipinski definition) is 3. The monoisotopic (exact) mass is 243 g/mol. The van der Waals surface area contributed by atoms with Crippen LogP contribution >= 0.6 is 0 Å². The largest absolute Gasteiger partial charge is 0.396 e.